The highest BCUT2D eigenvalue weighted by molar-refractivity contribution is 4.77. The van der Waals surface area contributed by atoms with Gasteiger partial charge in [-0.2, -0.15) is 0 Å². The second-order valence-electron chi connectivity index (χ2n) is 1.79. The van der Waals surface area contributed by atoms with Crippen LogP contribution in [-0.2, 0) is 4.74 Å². The van der Waals surface area contributed by atoms with Gasteiger partial charge in [-0.15, -0.1) is 0 Å². The summed E-state index contributed by atoms with van der Waals surface area (Å²) in [7, 11) is 0. The maximum absolute atomic E-state index is 5.07. The number of epoxide rings is 1. The molecule has 1 aliphatic rings. The third-order valence-corrected chi connectivity index (χ3v) is 1.24. The molecule has 1 saturated heterocycles. The Kier molecular flexibility index (Phi) is 2.30. The van der Waals surface area contributed by atoms with E-state index in [-0.39, 0.29) is 7.43 Å². The second kappa shape index (κ2) is 2.31. The normalized spacial score (nSPS) is 36.9. The van der Waals surface area contributed by atoms with Crippen LogP contribution in [0.15, 0.2) is 0 Å². The topological polar surface area (TPSA) is 12.5 Å². The van der Waals surface area contributed by atoms with Gasteiger partial charge in [0, 0.05) is 0 Å². The minimum absolute atomic E-state index is 0. The van der Waals surface area contributed by atoms with Crippen LogP contribution < -0.4 is 0 Å². The van der Waals surface area contributed by atoms with Gasteiger partial charge in [0.1, 0.15) is 0 Å². The molecule has 0 bridgehead atoms. The van der Waals surface area contributed by atoms with Crippen LogP contribution >= 0.6 is 0 Å². The molecule has 7 heavy (non-hydrogen) atoms. The zero-order valence-corrected chi connectivity index (χ0v) is 4.27. The number of ether oxygens (including phenoxy) is 1. The molecule has 44 valence electrons. The Morgan fingerprint density at radius 3 is 2.00 bits per heavy atom. The summed E-state index contributed by atoms with van der Waals surface area (Å²) in [4.78, 5) is 0. The molecule has 1 fully saturated rings. The van der Waals surface area contributed by atoms with E-state index in [1.807, 2.05) is 0 Å². The Labute approximate surface area is 45.7 Å². The second-order valence-corrected chi connectivity index (χ2v) is 1.79. The van der Waals surface area contributed by atoms with Crippen molar-refractivity contribution in [2.24, 2.45) is 0 Å². The highest BCUT2D eigenvalue weighted by Crippen LogP contribution is 2.22. The van der Waals surface area contributed by atoms with Gasteiger partial charge >= 0.3 is 0 Å². The van der Waals surface area contributed by atoms with E-state index in [0.29, 0.717) is 12.2 Å². The van der Waals surface area contributed by atoms with Crippen LogP contribution in [0.2, 0.25) is 0 Å². The van der Waals surface area contributed by atoms with Gasteiger partial charge < -0.3 is 4.74 Å². The molecule has 1 heterocycles. The molecule has 0 saturated carbocycles. The molecule has 2 unspecified atom stereocenters. The van der Waals surface area contributed by atoms with Crippen LogP contribution in [0.4, 0.5) is 0 Å². The molecule has 0 aromatic rings. The highest BCUT2D eigenvalue weighted by Gasteiger charge is 2.31. The summed E-state index contributed by atoms with van der Waals surface area (Å²) in [5, 5.41) is 0. The molecule has 1 nitrogen and oxygen atoms in total. The van der Waals surface area contributed by atoms with Gasteiger partial charge in [0.2, 0.25) is 0 Å². The van der Waals surface area contributed by atoms with Crippen molar-refractivity contribution in [3.05, 3.63) is 0 Å². The van der Waals surface area contributed by atoms with Gasteiger partial charge in [0.25, 0.3) is 0 Å². The largest absolute Gasteiger partial charge is 0.370 e. The summed E-state index contributed by atoms with van der Waals surface area (Å²) in [5.41, 5.74) is 0. The molecular weight excluding hydrogens is 88.1 g/mol. The minimum Gasteiger partial charge on any atom is -0.370 e. The summed E-state index contributed by atoms with van der Waals surface area (Å²) in [6.07, 6.45) is 2.35. The quantitative estimate of drug-likeness (QED) is 0.460. The van der Waals surface area contributed by atoms with E-state index < -0.39 is 0 Å². The van der Waals surface area contributed by atoms with E-state index in [9.17, 15) is 0 Å². The van der Waals surface area contributed by atoms with Gasteiger partial charge in [-0.1, -0.05) is 14.4 Å². The smallest absolute Gasteiger partial charge is 0.0836 e. The Morgan fingerprint density at radius 2 is 2.00 bits per heavy atom. The van der Waals surface area contributed by atoms with Crippen LogP contribution in [0.3, 0.4) is 0 Å². The third kappa shape index (κ3) is 1.48. The molecule has 0 amide bonds. The maximum atomic E-state index is 5.07. The van der Waals surface area contributed by atoms with Gasteiger partial charge in [-0.05, 0) is 13.3 Å². The monoisotopic (exact) mass is 102 g/mol. The van der Waals surface area contributed by atoms with Crippen molar-refractivity contribution in [2.75, 3.05) is 0 Å². The van der Waals surface area contributed by atoms with Gasteiger partial charge in [-0.25, -0.2) is 0 Å². The van der Waals surface area contributed by atoms with E-state index >= 15 is 0 Å². The van der Waals surface area contributed by atoms with Crippen molar-refractivity contribution in [3.63, 3.8) is 0 Å². The molecule has 1 heteroatoms. The Bertz CT molecular complexity index is 50.1. The Hall–Kier alpha value is -0.0400. The zero-order valence-electron chi connectivity index (χ0n) is 4.27. The van der Waals surface area contributed by atoms with E-state index in [1.165, 1.54) is 6.42 Å². The van der Waals surface area contributed by atoms with E-state index in [0.717, 1.165) is 0 Å². The molecule has 0 aliphatic carbocycles. The molecule has 2 atom stereocenters. The molecule has 1 rings (SSSR count). The zero-order chi connectivity index (χ0) is 4.57. The predicted molar refractivity (Wildman–Crippen MR) is 31.4 cm³/mol. The average molecular weight is 102 g/mol. The summed E-state index contributed by atoms with van der Waals surface area (Å²) in [6, 6.07) is 0. The highest BCUT2D eigenvalue weighted by atomic mass is 16.6. The van der Waals surface area contributed by atoms with Crippen LogP contribution in [0.5, 0.6) is 0 Å². The lowest BCUT2D eigenvalue weighted by Gasteiger charge is -1.72. The first-order chi connectivity index (χ1) is 2.84. The summed E-state index contributed by atoms with van der Waals surface area (Å²) < 4.78 is 5.07. The van der Waals surface area contributed by atoms with Crippen molar-refractivity contribution in [1.82, 2.24) is 0 Å². The summed E-state index contributed by atoms with van der Waals surface area (Å²) in [5.74, 6) is 0. The maximum Gasteiger partial charge on any atom is 0.0836 e. The molecule has 1 aliphatic heterocycles. The molecule has 0 radical (unpaired) electrons. The fraction of sp³-hybridized carbons (Fsp3) is 1.00. The number of hydrogen-bond acceptors (Lipinski definition) is 1. The first-order valence-corrected chi connectivity index (χ1v) is 2.50. The van der Waals surface area contributed by atoms with Gasteiger partial charge in [0.05, 0.1) is 12.2 Å². The lowest BCUT2D eigenvalue weighted by molar-refractivity contribution is 0.375. The summed E-state index contributed by atoms with van der Waals surface area (Å²) in [6.45, 7) is 4.25. The standard InChI is InChI=1S/C5H10O.CH4/c1-3-5-4(2)6-5;/h4-5H,3H2,1-2H3;1H4. The molecule has 0 N–H and O–H groups in total. The van der Waals surface area contributed by atoms with Crippen molar-refractivity contribution < 1.29 is 4.74 Å². The molecule has 0 spiro atoms. The Morgan fingerprint density at radius 1 is 1.57 bits per heavy atom. The van der Waals surface area contributed by atoms with Crippen molar-refractivity contribution in [2.45, 2.75) is 39.9 Å². The third-order valence-electron chi connectivity index (χ3n) is 1.24. The number of hydrogen-bond donors (Lipinski definition) is 0. The number of rotatable bonds is 1. The van der Waals surface area contributed by atoms with Crippen molar-refractivity contribution in [3.8, 4) is 0 Å². The fourth-order valence-electron chi connectivity index (χ4n) is 0.659. The molecular formula is C6H14O. The first kappa shape index (κ1) is 6.96. The lowest BCUT2D eigenvalue weighted by atomic mass is 10.3. The predicted octanol–water partition coefficient (Wildman–Crippen LogP) is 1.82. The van der Waals surface area contributed by atoms with E-state index in [1.54, 1.807) is 0 Å². The van der Waals surface area contributed by atoms with Crippen molar-refractivity contribution >= 4 is 0 Å². The molecule has 0 aromatic carbocycles. The van der Waals surface area contributed by atoms with E-state index in [2.05, 4.69) is 13.8 Å². The SMILES string of the molecule is C.CCC1OC1C. The van der Waals surface area contributed by atoms with Crippen LogP contribution in [0.25, 0.3) is 0 Å². The van der Waals surface area contributed by atoms with Gasteiger partial charge in [-0.3, -0.25) is 0 Å². The summed E-state index contributed by atoms with van der Waals surface area (Å²) >= 11 is 0. The average Bonchev–Trinajstić information content (AvgIpc) is 2.19. The fourth-order valence-corrected chi connectivity index (χ4v) is 0.659. The first-order valence-electron chi connectivity index (χ1n) is 2.50. The van der Waals surface area contributed by atoms with Crippen LogP contribution in [-0.4, -0.2) is 12.2 Å². The van der Waals surface area contributed by atoms with Gasteiger partial charge in [0.15, 0.2) is 0 Å². The van der Waals surface area contributed by atoms with Crippen LogP contribution in [0, 0.1) is 0 Å². The van der Waals surface area contributed by atoms with E-state index in [4.69, 9.17) is 4.74 Å². The van der Waals surface area contributed by atoms with Crippen LogP contribution in [0.1, 0.15) is 27.7 Å². The minimum atomic E-state index is 0. The molecule has 0 aromatic heterocycles. The Balaban J connectivity index is 0.000000360. The van der Waals surface area contributed by atoms with Crippen molar-refractivity contribution in [1.29, 1.82) is 0 Å². The lowest BCUT2D eigenvalue weighted by Crippen LogP contribution is -1.81.